The maximum absolute atomic E-state index is 5.70. The lowest BCUT2D eigenvalue weighted by atomic mass is 10.2. The normalized spacial score (nSPS) is 10.4. The minimum absolute atomic E-state index is 0.464. The summed E-state index contributed by atoms with van der Waals surface area (Å²) in [4.78, 5) is 3.98. The zero-order valence-corrected chi connectivity index (χ0v) is 7.90. The van der Waals surface area contributed by atoms with E-state index in [0.717, 1.165) is 17.7 Å². The fourth-order valence-corrected chi connectivity index (χ4v) is 1.23. The second kappa shape index (κ2) is 3.49. The molecule has 0 fully saturated rings. The molecule has 0 aromatic carbocycles. The van der Waals surface area contributed by atoms with Gasteiger partial charge in [0.1, 0.15) is 5.82 Å². The summed E-state index contributed by atoms with van der Waals surface area (Å²) in [5.74, 6) is 1.14. The van der Waals surface area contributed by atoms with Crippen LogP contribution in [0.1, 0.15) is 12.6 Å². The number of nitrogens with zero attached hydrogens (tertiary/aromatic N) is 2. The van der Waals surface area contributed by atoms with Crippen molar-refractivity contribution in [2.45, 2.75) is 13.3 Å². The van der Waals surface area contributed by atoms with Gasteiger partial charge in [-0.1, -0.05) is 12.1 Å². The van der Waals surface area contributed by atoms with E-state index in [1.165, 1.54) is 0 Å². The van der Waals surface area contributed by atoms with Crippen molar-refractivity contribution >= 4 is 5.82 Å². The van der Waals surface area contributed by atoms with Crippen LogP contribution in [0.4, 0.5) is 5.82 Å². The van der Waals surface area contributed by atoms with Gasteiger partial charge in [-0.2, -0.15) is 0 Å². The minimum Gasteiger partial charge on any atom is -0.383 e. The van der Waals surface area contributed by atoms with Gasteiger partial charge >= 0.3 is 0 Å². The molecule has 4 nitrogen and oxygen atoms in total. The summed E-state index contributed by atoms with van der Waals surface area (Å²) in [6.45, 7) is 2.02. The second-order valence-corrected chi connectivity index (χ2v) is 2.97. The average Bonchev–Trinajstić information content (AvgIpc) is 2.67. The van der Waals surface area contributed by atoms with Gasteiger partial charge in [-0.15, -0.1) is 0 Å². The molecule has 2 heterocycles. The van der Waals surface area contributed by atoms with Crippen LogP contribution in [0, 0.1) is 0 Å². The van der Waals surface area contributed by atoms with Gasteiger partial charge in [-0.05, 0) is 18.6 Å². The van der Waals surface area contributed by atoms with Crippen molar-refractivity contribution in [1.82, 2.24) is 10.1 Å². The zero-order chi connectivity index (χ0) is 9.97. The molecule has 0 amide bonds. The van der Waals surface area contributed by atoms with E-state index in [2.05, 4.69) is 10.1 Å². The molecule has 0 atom stereocenters. The van der Waals surface area contributed by atoms with Gasteiger partial charge in [-0.25, -0.2) is 4.98 Å². The number of hydrogen-bond donors (Lipinski definition) is 1. The standard InChI is InChI=1S/C10H11N3O/c1-2-7-6-9(14-13-7)8-4-3-5-12-10(8)11/h3-6H,2H2,1H3,(H2,11,12). The van der Waals surface area contributed by atoms with E-state index < -0.39 is 0 Å². The first kappa shape index (κ1) is 8.74. The lowest BCUT2D eigenvalue weighted by Crippen LogP contribution is -1.91. The summed E-state index contributed by atoms with van der Waals surface area (Å²) in [6, 6.07) is 5.56. The molecule has 0 saturated carbocycles. The molecule has 2 aromatic heterocycles. The Kier molecular flexibility index (Phi) is 2.18. The number of anilines is 1. The number of nitrogens with two attached hydrogens (primary N) is 1. The third-order valence-electron chi connectivity index (χ3n) is 2.03. The van der Waals surface area contributed by atoms with E-state index in [4.69, 9.17) is 10.3 Å². The van der Waals surface area contributed by atoms with Crippen LogP contribution in [0.15, 0.2) is 28.9 Å². The molecule has 2 N–H and O–H groups in total. The first-order valence-corrected chi connectivity index (χ1v) is 4.47. The van der Waals surface area contributed by atoms with E-state index in [9.17, 15) is 0 Å². The Morgan fingerprint density at radius 3 is 3.00 bits per heavy atom. The van der Waals surface area contributed by atoms with Crippen LogP contribution in [-0.4, -0.2) is 10.1 Å². The number of rotatable bonds is 2. The zero-order valence-electron chi connectivity index (χ0n) is 7.90. The van der Waals surface area contributed by atoms with E-state index in [1.807, 2.05) is 25.1 Å². The Balaban J connectivity index is 2.44. The molecule has 72 valence electrons. The van der Waals surface area contributed by atoms with E-state index in [-0.39, 0.29) is 0 Å². The summed E-state index contributed by atoms with van der Waals surface area (Å²) in [6.07, 6.45) is 2.50. The van der Waals surface area contributed by atoms with Crippen molar-refractivity contribution in [2.75, 3.05) is 5.73 Å². The molecule has 2 rings (SSSR count). The number of nitrogen functional groups attached to an aromatic ring is 1. The SMILES string of the molecule is CCc1cc(-c2cccnc2N)on1. The van der Waals surface area contributed by atoms with Gasteiger partial charge in [0.05, 0.1) is 11.3 Å². The van der Waals surface area contributed by atoms with Crippen LogP contribution in [0.3, 0.4) is 0 Å². The van der Waals surface area contributed by atoms with E-state index in [1.54, 1.807) is 6.20 Å². The first-order chi connectivity index (χ1) is 6.81. The van der Waals surface area contributed by atoms with Crippen molar-refractivity contribution in [1.29, 1.82) is 0 Å². The highest BCUT2D eigenvalue weighted by Gasteiger charge is 2.08. The van der Waals surface area contributed by atoms with Crippen molar-refractivity contribution in [3.8, 4) is 11.3 Å². The molecule has 14 heavy (non-hydrogen) atoms. The quantitative estimate of drug-likeness (QED) is 0.783. The van der Waals surface area contributed by atoms with Crippen LogP contribution in [0.25, 0.3) is 11.3 Å². The molecule has 0 saturated heterocycles. The molecule has 2 aromatic rings. The molecule has 0 bridgehead atoms. The molecular formula is C10H11N3O. The number of aromatic nitrogens is 2. The van der Waals surface area contributed by atoms with E-state index in [0.29, 0.717) is 11.6 Å². The number of hydrogen-bond acceptors (Lipinski definition) is 4. The monoisotopic (exact) mass is 189 g/mol. The van der Waals surface area contributed by atoms with Crippen molar-refractivity contribution in [3.05, 3.63) is 30.1 Å². The fourth-order valence-electron chi connectivity index (χ4n) is 1.23. The van der Waals surface area contributed by atoms with Crippen LogP contribution < -0.4 is 5.73 Å². The van der Waals surface area contributed by atoms with Crippen LogP contribution in [0.2, 0.25) is 0 Å². The predicted molar refractivity (Wildman–Crippen MR) is 53.5 cm³/mol. The highest BCUT2D eigenvalue weighted by Crippen LogP contribution is 2.24. The Morgan fingerprint density at radius 2 is 2.36 bits per heavy atom. The Labute approximate surface area is 81.7 Å². The van der Waals surface area contributed by atoms with E-state index >= 15 is 0 Å². The van der Waals surface area contributed by atoms with Gasteiger partial charge in [-0.3, -0.25) is 0 Å². The third kappa shape index (κ3) is 1.46. The maximum atomic E-state index is 5.70. The molecule has 0 unspecified atom stereocenters. The Hall–Kier alpha value is -1.84. The van der Waals surface area contributed by atoms with Crippen LogP contribution in [-0.2, 0) is 6.42 Å². The topological polar surface area (TPSA) is 64.9 Å². The lowest BCUT2D eigenvalue weighted by molar-refractivity contribution is 0.424. The van der Waals surface area contributed by atoms with Crippen molar-refractivity contribution in [3.63, 3.8) is 0 Å². The van der Waals surface area contributed by atoms with Crippen molar-refractivity contribution < 1.29 is 4.52 Å². The Morgan fingerprint density at radius 1 is 1.50 bits per heavy atom. The number of pyridine rings is 1. The number of aryl methyl sites for hydroxylation is 1. The summed E-state index contributed by atoms with van der Waals surface area (Å²) in [7, 11) is 0. The highest BCUT2D eigenvalue weighted by atomic mass is 16.5. The smallest absolute Gasteiger partial charge is 0.170 e. The molecule has 0 aliphatic heterocycles. The van der Waals surface area contributed by atoms with Gasteiger partial charge in [0.25, 0.3) is 0 Å². The average molecular weight is 189 g/mol. The van der Waals surface area contributed by atoms with Crippen molar-refractivity contribution in [2.24, 2.45) is 0 Å². The third-order valence-corrected chi connectivity index (χ3v) is 2.03. The summed E-state index contributed by atoms with van der Waals surface area (Å²) in [5.41, 5.74) is 7.42. The first-order valence-electron chi connectivity index (χ1n) is 4.47. The fraction of sp³-hybridized carbons (Fsp3) is 0.200. The summed E-state index contributed by atoms with van der Waals surface area (Å²) < 4.78 is 5.15. The molecule has 0 aliphatic rings. The molecule has 0 radical (unpaired) electrons. The van der Waals surface area contributed by atoms with Crippen LogP contribution in [0.5, 0.6) is 0 Å². The van der Waals surface area contributed by atoms with Gasteiger partial charge in [0.2, 0.25) is 0 Å². The molecule has 0 aliphatic carbocycles. The summed E-state index contributed by atoms with van der Waals surface area (Å²) >= 11 is 0. The van der Waals surface area contributed by atoms with Crippen LogP contribution >= 0.6 is 0 Å². The van der Waals surface area contributed by atoms with Gasteiger partial charge in [0.15, 0.2) is 5.76 Å². The highest BCUT2D eigenvalue weighted by molar-refractivity contribution is 5.69. The second-order valence-electron chi connectivity index (χ2n) is 2.97. The minimum atomic E-state index is 0.464. The van der Waals surface area contributed by atoms with Gasteiger partial charge in [0, 0.05) is 12.3 Å². The molecular weight excluding hydrogens is 178 g/mol. The molecule has 0 spiro atoms. The predicted octanol–water partition coefficient (Wildman–Crippen LogP) is 1.88. The van der Waals surface area contributed by atoms with Gasteiger partial charge < -0.3 is 10.3 Å². The maximum Gasteiger partial charge on any atom is 0.170 e. The Bertz CT molecular complexity index is 436. The lowest BCUT2D eigenvalue weighted by Gasteiger charge is -1.97. The molecule has 4 heteroatoms. The summed E-state index contributed by atoms with van der Waals surface area (Å²) in [5, 5.41) is 3.89. The largest absolute Gasteiger partial charge is 0.383 e.